The Bertz CT molecular complexity index is 1910. The zero-order valence-electron chi connectivity index (χ0n) is 23.4. The van der Waals surface area contributed by atoms with Gasteiger partial charge >= 0.3 is 5.97 Å². The van der Waals surface area contributed by atoms with Gasteiger partial charge in [-0.05, 0) is 43.2 Å². The summed E-state index contributed by atoms with van der Waals surface area (Å²) in [6.45, 7) is 10.6. The molecular weight excluding hydrogens is 546 g/mol. The summed E-state index contributed by atoms with van der Waals surface area (Å²) in [6.07, 6.45) is 6.50. The summed E-state index contributed by atoms with van der Waals surface area (Å²) in [5.74, 6) is 1.35. The monoisotopic (exact) mass is 575 g/mol. The van der Waals surface area contributed by atoms with Crippen LogP contribution in [0.4, 0.5) is 11.5 Å². The van der Waals surface area contributed by atoms with Gasteiger partial charge in [-0.3, -0.25) is 0 Å². The van der Waals surface area contributed by atoms with Gasteiger partial charge in [-0.1, -0.05) is 29.8 Å². The lowest BCUT2D eigenvalue weighted by molar-refractivity contribution is -0.0589. The molecule has 0 unspecified atom stereocenters. The average molecular weight is 576 g/mol. The summed E-state index contributed by atoms with van der Waals surface area (Å²) < 4.78 is 19.5. The molecule has 0 spiro atoms. The Hall–Kier alpha value is -5.14. The maximum atomic E-state index is 11.6. The van der Waals surface area contributed by atoms with E-state index in [2.05, 4.69) is 20.4 Å². The van der Waals surface area contributed by atoms with Gasteiger partial charge in [0.1, 0.15) is 23.8 Å². The van der Waals surface area contributed by atoms with E-state index in [1.165, 1.54) is 5.57 Å². The molecule has 1 atom stereocenters. The number of carbonyl (C=O) groups is 1. The van der Waals surface area contributed by atoms with Crippen LogP contribution < -0.4 is 9.64 Å². The van der Waals surface area contributed by atoms with Gasteiger partial charge in [0.05, 0.1) is 42.1 Å². The lowest BCUT2D eigenvalue weighted by atomic mass is 10.0. The van der Waals surface area contributed by atoms with Crippen LogP contribution in [0.1, 0.15) is 34.6 Å². The van der Waals surface area contributed by atoms with Crippen LogP contribution >= 0.6 is 0 Å². The molecule has 0 radical (unpaired) electrons. The van der Waals surface area contributed by atoms with E-state index in [4.69, 9.17) is 30.4 Å². The first-order chi connectivity index (χ1) is 21.1. The van der Waals surface area contributed by atoms with E-state index in [1.54, 1.807) is 36.6 Å². The van der Waals surface area contributed by atoms with Crippen molar-refractivity contribution in [3.05, 3.63) is 101 Å². The van der Waals surface area contributed by atoms with Crippen molar-refractivity contribution in [1.29, 1.82) is 0 Å². The molecule has 10 heteroatoms. The van der Waals surface area contributed by atoms with E-state index in [9.17, 15) is 9.90 Å². The first-order valence-electron chi connectivity index (χ1n) is 14.3. The topological polar surface area (TPSA) is 107 Å². The minimum Gasteiger partial charge on any atom is -0.478 e. The first kappa shape index (κ1) is 26.7. The smallest absolute Gasteiger partial charge is 0.335 e. The van der Waals surface area contributed by atoms with E-state index < -0.39 is 5.97 Å². The number of pyridine rings is 1. The van der Waals surface area contributed by atoms with Crippen LogP contribution in [0.15, 0.2) is 76.9 Å². The van der Waals surface area contributed by atoms with Crippen molar-refractivity contribution in [2.45, 2.75) is 38.5 Å². The molecule has 0 saturated carbocycles. The van der Waals surface area contributed by atoms with Gasteiger partial charge in [-0.2, -0.15) is 4.98 Å². The van der Waals surface area contributed by atoms with Gasteiger partial charge in [0, 0.05) is 43.1 Å². The number of ether oxygens (including phenoxy) is 2. The quantitative estimate of drug-likeness (QED) is 0.164. The van der Waals surface area contributed by atoms with Crippen molar-refractivity contribution in [3.63, 3.8) is 0 Å². The number of carboxylic acid groups (broad SMARTS) is 1. The summed E-state index contributed by atoms with van der Waals surface area (Å²) in [6, 6.07) is 16.3. The number of carboxylic acids is 1. The molecule has 2 aliphatic rings. The van der Waals surface area contributed by atoms with Crippen molar-refractivity contribution in [1.82, 2.24) is 14.5 Å². The van der Waals surface area contributed by atoms with Crippen LogP contribution in [-0.4, -0.2) is 51.4 Å². The number of fused-ring (bicyclic) bond motifs is 2. The number of anilines is 1. The fourth-order valence-corrected chi connectivity index (χ4v) is 5.69. The number of benzene rings is 2. The largest absolute Gasteiger partial charge is 0.478 e. The first-order valence-corrected chi connectivity index (χ1v) is 14.3. The van der Waals surface area contributed by atoms with Crippen molar-refractivity contribution in [2.75, 3.05) is 24.6 Å². The van der Waals surface area contributed by atoms with E-state index in [-0.39, 0.29) is 18.3 Å². The van der Waals surface area contributed by atoms with Crippen molar-refractivity contribution in [2.24, 2.45) is 0 Å². The highest BCUT2D eigenvalue weighted by Crippen LogP contribution is 2.31. The third kappa shape index (κ3) is 5.31. The second kappa shape index (κ2) is 11.3. The minimum absolute atomic E-state index is 0.129. The van der Waals surface area contributed by atoms with Crippen LogP contribution in [-0.2, 0) is 24.3 Å². The van der Waals surface area contributed by atoms with Gasteiger partial charge in [0.25, 0.3) is 0 Å². The molecule has 0 bridgehead atoms. The van der Waals surface area contributed by atoms with Crippen LogP contribution in [0, 0.1) is 6.57 Å². The molecular formula is C33H29N5O5. The SMILES string of the molecule is [C-]#[N+]c1ccc(COc2cccc(N3CC=C(Cc4nc5ccc(C(=O)O)cc5n4C[C@@H]4CCO4)CC3)n2)c2occc12. The van der Waals surface area contributed by atoms with Crippen LogP contribution in [0.3, 0.4) is 0 Å². The van der Waals surface area contributed by atoms with Crippen molar-refractivity contribution < 1.29 is 23.8 Å². The Morgan fingerprint density at radius 2 is 2.07 bits per heavy atom. The zero-order valence-corrected chi connectivity index (χ0v) is 23.4. The number of aromatic nitrogens is 3. The van der Waals surface area contributed by atoms with Gasteiger partial charge in [0.2, 0.25) is 5.88 Å². The number of hydrogen-bond donors (Lipinski definition) is 1. The summed E-state index contributed by atoms with van der Waals surface area (Å²) >= 11 is 0. The molecule has 1 N–H and O–H groups in total. The number of furan rings is 1. The Labute approximate surface area is 247 Å². The predicted molar refractivity (Wildman–Crippen MR) is 161 cm³/mol. The van der Waals surface area contributed by atoms with Gasteiger partial charge in [0.15, 0.2) is 5.69 Å². The molecule has 2 aliphatic heterocycles. The van der Waals surface area contributed by atoms with Crippen molar-refractivity contribution >= 4 is 39.5 Å². The minimum atomic E-state index is -0.945. The normalized spacial score (nSPS) is 16.6. The molecule has 3 aromatic heterocycles. The van der Waals surface area contributed by atoms with Crippen LogP contribution in [0.5, 0.6) is 5.88 Å². The second-order valence-corrected chi connectivity index (χ2v) is 10.8. The van der Waals surface area contributed by atoms with Crippen LogP contribution in [0.25, 0.3) is 26.8 Å². The molecule has 5 heterocycles. The van der Waals surface area contributed by atoms with E-state index >= 15 is 0 Å². The number of hydrogen-bond acceptors (Lipinski definition) is 7. The Kier molecular flexibility index (Phi) is 7.01. The summed E-state index contributed by atoms with van der Waals surface area (Å²) in [5.41, 5.74) is 5.26. The molecule has 10 nitrogen and oxygen atoms in total. The number of imidazole rings is 1. The number of nitrogens with zero attached hydrogens (tertiary/aromatic N) is 5. The third-order valence-electron chi connectivity index (χ3n) is 8.15. The highest BCUT2D eigenvalue weighted by Gasteiger charge is 2.24. The maximum absolute atomic E-state index is 11.6. The molecule has 1 fully saturated rings. The van der Waals surface area contributed by atoms with Crippen LogP contribution in [0.2, 0.25) is 0 Å². The number of rotatable bonds is 9. The van der Waals surface area contributed by atoms with E-state index in [0.717, 1.165) is 59.6 Å². The fourth-order valence-electron chi connectivity index (χ4n) is 5.69. The highest BCUT2D eigenvalue weighted by atomic mass is 16.5. The van der Waals surface area contributed by atoms with E-state index in [0.29, 0.717) is 36.7 Å². The summed E-state index contributed by atoms with van der Waals surface area (Å²) in [7, 11) is 0. The molecule has 2 aromatic carbocycles. The predicted octanol–water partition coefficient (Wildman–Crippen LogP) is 6.17. The van der Waals surface area contributed by atoms with Gasteiger partial charge in [-0.15, -0.1) is 0 Å². The molecule has 5 aromatic rings. The molecule has 7 rings (SSSR count). The molecule has 216 valence electrons. The maximum Gasteiger partial charge on any atom is 0.335 e. The van der Waals surface area contributed by atoms with Gasteiger partial charge in [-0.25, -0.2) is 14.6 Å². The molecule has 0 aliphatic carbocycles. The zero-order chi connectivity index (χ0) is 29.3. The summed E-state index contributed by atoms with van der Waals surface area (Å²) in [4.78, 5) is 27.0. The molecule has 1 saturated heterocycles. The Morgan fingerprint density at radius 3 is 2.84 bits per heavy atom. The lowest BCUT2D eigenvalue weighted by Crippen LogP contribution is -2.32. The summed E-state index contributed by atoms with van der Waals surface area (Å²) in [5, 5.41) is 10.3. The van der Waals surface area contributed by atoms with Crippen molar-refractivity contribution in [3.8, 4) is 5.88 Å². The molecule has 43 heavy (non-hydrogen) atoms. The third-order valence-corrected chi connectivity index (χ3v) is 8.15. The van der Waals surface area contributed by atoms with E-state index in [1.807, 2.05) is 24.3 Å². The van der Waals surface area contributed by atoms with Gasteiger partial charge < -0.3 is 28.5 Å². The fraction of sp³-hybridized carbons (Fsp3) is 0.273. The second-order valence-electron chi connectivity index (χ2n) is 10.8. The Morgan fingerprint density at radius 1 is 1.16 bits per heavy atom. The standard InChI is InChI=1S/C33H29N5O5/c1-34-26-7-6-23(32-25(26)12-16-42-32)20-43-31-4-2-3-29(36-31)37-13-9-21(10-14-37)17-30-35-27-8-5-22(33(39)40)18-28(27)38(30)19-24-11-15-41-24/h2-9,12,16,18,24H,10-11,13-15,17,19-20H2,(H,39,40)/t24-/m0/s1. The molecule has 0 amide bonds. The number of aromatic carboxylic acids is 1. The average Bonchev–Trinajstić information content (AvgIpc) is 3.63. The highest BCUT2D eigenvalue weighted by molar-refractivity contribution is 5.93. The lowest BCUT2D eigenvalue weighted by Gasteiger charge is -2.29. The Balaban J connectivity index is 1.05.